The van der Waals surface area contributed by atoms with Crippen molar-refractivity contribution in [3.05, 3.63) is 23.3 Å². The van der Waals surface area contributed by atoms with Crippen LogP contribution in [0.5, 0.6) is 0 Å². The monoisotopic (exact) mass is 238 g/mol. The number of nitrogens with zero attached hydrogens (tertiary/aromatic N) is 1. The molecule has 2 aromatic rings. The maximum absolute atomic E-state index is 10.9. The van der Waals surface area contributed by atoms with Crippen LogP contribution in [0, 0.1) is 0 Å². The van der Waals surface area contributed by atoms with Crippen LogP contribution < -0.4 is 5.73 Å². The number of carbonyl (C=O) groups is 2. The largest absolute Gasteiger partial charge is 0.478 e. The van der Waals surface area contributed by atoms with Crippen molar-refractivity contribution in [2.45, 2.75) is 0 Å². The molecule has 0 spiro atoms. The maximum Gasteiger partial charge on any atom is 0.336 e. The summed E-state index contributed by atoms with van der Waals surface area (Å²) in [6.07, 6.45) is 0. The van der Waals surface area contributed by atoms with E-state index in [-0.39, 0.29) is 16.3 Å². The van der Waals surface area contributed by atoms with Crippen LogP contribution >= 0.6 is 11.3 Å². The van der Waals surface area contributed by atoms with Crippen molar-refractivity contribution >= 4 is 38.6 Å². The van der Waals surface area contributed by atoms with Gasteiger partial charge in [0.25, 0.3) is 0 Å². The van der Waals surface area contributed by atoms with Gasteiger partial charge in [-0.05, 0) is 12.1 Å². The van der Waals surface area contributed by atoms with Crippen molar-refractivity contribution < 1.29 is 19.8 Å². The number of fused-ring (bicyclic) bond motifs is 1. The standard InChI is InChI=1S/C9H6N2O4S/c10-9-11-5-1-3(7(12)13)4(8(14)15)2-6(5)16-9/h1-2H,(H2,10,11)(H,12,13)(H,14,15). The molecule has 6 nitrogen and oxygen atoms in total. The van der Waals surface area contributed by atoms with Gasteiger partial charge in [-0.15, -0.1) is 0 Å². The summed E-state index contributed by atoms with van der Waals surface area (Å²) in [5, 5.41) is 18.0. The second kappa shape index (κ2) is 3.46. The van der Waals surface area contributed by atoms with Gasteiger partial charge in [-0.2, -0.15) is 0 Å². The Bertz CT molecular complexity index is 554. The Hall–Kier alpha value is -2.15. The van der Waals surface area contributed by atoms with E-state index in [0.29, 0.717) is 10.2 Å². The van der Waals surface area contributed by atoms with Gasteiger partial charge in [-0.3, -0.25) is 0 Å². The number of carboxylic acids is 2. The van der Waals surface area contributed by atoms with Crippen LogP contribution in [0.1, 0.15) is 20.7 Å². The summed E-state index contributed by atoms with van der Waals surface area (Å²) in [4.78, 5) is 25.6. The minimum absolute atomic E-state index is 0.261. The molecule has 1 aromatic heterocycles. The molecular formula is C9H6N2O4S. The van der Waals surface area contributed by atoms with Gasteiger partial charge in [0, 0.05) is 0 Å². The average molecular weight is 238 g/mol. The number of benzene rings is 1. The highest BCUT2D eigenvalue weighted by atomic mass is 32.1. The molecule has 0 atom stereocenters. The van der Waals surface area contributed by atoms with E-state index in [9.17, 15) is 9.59 Å². The molecule has 4 N–H and O–H groups in total. The van der Waals surface area contributed by atoms with E-state index in [1.54, 1.807) is 0 Å². The van der Waals surface area contributed by atoms with Crippen LogP contribution in [-0.4, -0.2) is 27.1 Å². The van der Waals surface area contributed by atoms with Gasteiger partial charge in [-0.1, -0.05) is 11.3 Å². The Kier molecular flexibility index (Phi) is 2.24. The minimum Gasteiger partial charge on any atom is -0.478 e. The topological polar surface area (TPSA) is 114 Å². The summed E-state index contributed by atoms with van der Waals surface area (Å²) >= 11 is 1.11. The molecule has 0 aliphatic rings. The number of nitrogens with two attached hydrogens (primary N) is 1. The molecule has 0 saturated heterocycles. The van der Waals surface area contributed by atoms with Gasteiger partial charge in [0.15, 0.2) is 5.13 Å². The second-order valence-corrected chi connectivity index (χ2v) is 4.09. The van der Waals surface area contributed by atoms with Gasteiger partial charge >= 0.3 is 11.9 Å². The SMILES string of the molecule is Nc1nc2cc(C(=O)O)c(C(=O)O)cc2s1. The summed E-state index contributed by atoms with van der Waals surface area (Å²) in [5.74, 6) is -2.59. The third-order valence-corrected chi connectivity index (χ3v) is 2.85. The van der Waals surface area contributed by atoms with Gasteiger partial charge in [-0.25, -0.2) is 14.6 Å². The molecule has 0 unspecified atom stereocenters. The zero-order valence-corrected chi connectivity index (χ0v) is 8.61. The van der Waals surface area contributed by atoms with Crippen molar-refractivity contribution in [2.75, 3.05) is 5.73 Å². The van der Waals surface area contributed by atoms with E-state index < -0.39 is 11.9 Å². The van der Waals surface area contributed by atoms with Crippen LogP contribution in [0.15, 0.2) is 12.1 Å². The number of hydrogen-bond donors (Lipinski definition) is 3. The number of anilines is 1. The van der Waals surface area contributed by atoms with Gasteiger partial charge in [0.1, 0.15) is 0 Å². The van der Waals surface area contributed by atoms with Crippen LogP contribution in [-0.2, 0) is 0 Å². The molecule has 0 aliphatic heterocycles. The van der Waals surface area contributed by atoms with E-state index in [4.69, 9.17) is 15.9 Å². The molecule has 1 aromatic carbocycles. The Morgan fingerprint density at radius 3 is 2.31 bits per heavy atom. The lowest BCUT2D eigenvalue weighted by molar-refractivity contribution is 0.0652. The number of carboxylic acid groups (broad SMARTS) is 2. The second-order valence-electron chi connectivity index (χ2n) is 3.03. The van der Waals surface area contributed by atoms with Crippen molar-refractivity contribution in [1.29, 1.82) is 0 Å². The molecular weight excluding hydrogens is 232 g/mol. The van der Waals surface area contributed by atoms with Crippen LogP contribution in [0.4, 0.5) is 5.13 Å². The molecule has 1 heterocycles. The number of aromatic nitrogens is 1. The molecule has 82 valence electrons. The fourth-order valence-corrected chi connectivity index (χ4v) is 2.10. The zero-order valence-electron chi connectivity index (χ0n) is 7.80. The molecule has 0 radical (unpaired) electrons. The van der Waals surface area contributed by atoms with Gasteiger partial charge < -0.3 is 15.9 Å². The predicted molar refractivity (Wildman–Crippen MR) is 58.0 cm³/mol. The highest BCUT2D eigenvalue weighted by molar-refractivity contribution is 7.22. The Morgan fingerprint density at radius 1 is 1.19 bits per heavy atom. The summed E-state index contributed by atoms with van der Waals surface area (Å²) in [7, 11) is 0. The van der Waals surface area contributed by atoms with Crippen LogP contribution in [0.3, 0.4) is 0 Å². The smallest absolute Gasteiger partial charge is 0.336 e. The summed E-state index contributed by atoms with van der Waals surface area (Å²) in [6, 6.07) is 2.49. The summed E-state index contributed by atoms with van der Waals surface area (Å²) in [6.45, 7) is 0. The third kappa shape index (κ3) is 1.57. The zero-order chi connectivity index (χ0) is 11.9. The first-order chi connectivity index (χ1) is 7.49. The number of rotatable bonds is 2. The number of nitrogen functional groups attached to an aromatic ring is 1. The Labute approximate surface area is 93.0 Å². The lowest BCUT2D eigenvalue weighted by Gasteiger charge is -2.00. The van der Waals surface area contributed by atoms with Gasteiger partial charge in [0.05, 0.1) is 21.3 Å². The van der Waals surface area contributed by atoms with E-state index >= 15 is 0 Å². The average Bonchev–Trinajstić information content (AvgIpc) is 2.54. The molecule has 0 amide bonds. The fourth-order valence-electron chi connectivity index (χ4n) is 1.35. The van der Waals surface area contributed by atoms with E-state index in [1.807, 2.05) is 0 Å². The summed E-state index contributed by atoms with van der Waals surface area (Å²) < 4.78 is 0.555. The van der Waals surface area contributed by atoms with E-state index in [2.05, 4.69) is 4.98 Å². The molecule has 0 fully saturated rings. The number of hydrogen-bond acceptors (Lipinski definition) is 5. The molecule has 2 rings (SSSR count). The highest BCUT2D eigenvalue weighted by Crippen LogP contribution is 2.27. The highest BCUT2D eigenvalue weighted by Gasteiger charge is 2.18. The van der Waals surface area contributed by atoms with Crippen molar-refractivity contribution in [2.24, 2.45) is 0 Å². The van der Waals surface area contributed by atoms with Crippen molar-refractivity contribution in [3.63, 3.8) is 0 Å². The first-order valence-corrected chi connectivity index (χ1v) is 4.97. The summed E-state index contributed by atoms with van der Waals surface area (Å²) in [5.41, 5.74) is 5.30. The predicted octanol–water partition coefficient (Wildman–Crippen LogP) is 1.27. The van der Waals surface area contributed by atoms with Crippen molar-refractivity contribution in [3.8, 4) is 0 Å². The van der Waals surface area contributed by atoms with E-state index in [0.717, 1.165) is 11.3 Å². The number of thiazole rings is 1. The maximum atomic E-state index is 10.9. The third-order valence-electron chi connectivity index (χ3n) is 2.01. The van der Waals surface area contributed by atoms with Gasteiger partial charge in [0.2, 0.25) is 0 Å². The van der Waals surface area contributed by atoms with Crippen LogP contribution in [0.2, 0.25) is 0 Å². The number of aromatic carboxylic acids is 2. The normalized spacial score (nSPS) is 10.5. The Balaban J connectivity index is 2.80. The lowest BCUT2D eigenvalue weighted by Crippen LogP contribution is -2.07. The molecule has 0 bridgehead atoms. The first-order valence-electron chi connectivity index (χ1n) is 4.15. The lowest BCUT2D eigenvalue weighted by atomic mass is 10.1. The van der Waals surface area contributed by atoms with Crippen LogP contribution in [0.25, 0.3) is 10.2 Å². The minimum atomic E-state index is -1.30. The molecule has 7 heteroatoms. The quantitative estimate of drug-likeness (QED) is 0.726. The molecule has 0 aliphatic carbocycles. The Morgan fingerprint density at radius 2 is 1.75 bits per heavy atom. The fraction of sp³-hybridized carbons (Fsp3) is 0. The molecule has 0 saturated carbocycles. The van der Waals surface area contributed by atoms with Crippen molar-refractivity contribution in [1.82, 2.24) is 4.98 Å². The molecule has 16 heavy (non-hydrogen) atoms. The first kappa shape index (κ1) is 10.4. The van der Waals surface area contributed by atoms with E-state index in [1.165, 1.54) is 12.1 Å².